The van der Waals surface area contributed by atoms with Gasteiger partial charge in [0.15, 0.2) is 0 Å². The highest BCUT2D eigenvalue weighted by Gasteiger charge is 2.47. The van der Waals surface area contributed by atoms with Gasteiger partial charge in [-0.15, -0.1) is 10.9 Å². The van der Waals surface area contributed by atoms with Crippen molar-refractivity contribution < 1.29 is 27.4 Å². The van der Waals surface area contributed by atoms with E-state index in [-0.39, 0.29) is 12.4 Å². The molecule has 0 saturated heterocycles. The number of rotatable bonds is 4. The molecule has 1 aliphatic heterocycles. The molecule has 0 unspecified atom stereocenters. The van der Waals surface area contributed by atoms with E-state index in [4.69, 9.17) is 9.39 Å². The van der Waals surface area contributed by atoms with Gasteiger partial charge >= 0.3 is 18.6 Å². The maximum atomic E-state index is 13.9. The quantitative estimate of drug-likeness (QED) is 0.598. The summed E-state index contributed by atoms with van der Waals surface area (Å²) in [5, 5.41) is 0. The predicted octanol–water partition coefficient (Wildman–Crippen LogP) is 3.11. The van der Waals surface area contributed by atoms with Crippen LogP contribution >= 0.6 is 0 Å². The number of carbonyl (C=O) groups excluding carboxylic acids is 1. The van der Waals surface area contributed by atoms with Crippen LogP contribution in [0.2, 0.25) is 0 Å². The summed E-state index contributed by atoms with van der Waals surface area (Å²) in [5.74, 6) is -1.28. The number of nitrogens with zero attached hydrogens (tertiary/aromatic N) is 1. The summed E-state index contributed by atoms with van der Waals surface area (Å²) < 4.78 is 52.6. The number of allylic oxidation sites excluding steroid dienone is 1. The van der Waals surface area contributed by atoms with Crippen molar-refractivity contribution in [2.24, 2.45) is 4.90 Å². The van der Waals surface area contributed by atoms with Gasteiger partial charge < -0.3 is 14.3 Å². The molecule has 1 aliphatic rings. The van der Waals surface area contributed by atoms with E-state index in [1.54, 1.807) is 60.7 Å². The SMILES string of the molecule is CCOC(=O)C1=C(C)O[B-](c2ccccc2)(c2ccccc2)N=C1C(F)(F)F. The van der Waals surface area contributed by atoms with Crippen molar-refractivity contribution in [3.8, 4) is 0 Å². The summed E-state index contributed by atoms with van der Waals surface area (Å²) in [4.78, 5) is 16.2. The molecule has 0 bridgehead atoms. The molecule has 2 aromatic rings. The Hall–Kier alpha value is -3.03. The lowest BCUT2D eigenvalue weighted by atomic mass is 9.42. The minimum atomic E-state index is -4.86. The third-order valence-electron chi connectivity index (χ3n) is 4.50. The zero-order chi connectivity index (χ0) is 20.4. The van der Waals surface area contributed by atoms with E-state index in [2.05, 4.69) is 4.90 Å². The van der Waals surface area contributed by atoms with Crippen LogP contribution in [-0.2, 0) is 14.2 Å². The highest BCUT2D eigenvalue weighted by Crippen LogP contribution is 2.32. The van der Waals surface area contributed by atoms with Crippen molar-refractivity contribution in [3.63, 3.8) is 0 Å². The molecule has 28 heavy (non-hydrogen) atoms. The summed E-state index contributed by atoms with van der Waals surface area (Å²) in [7, 11) is 0. The number of alkyl halides is 3. The van der Waals surface area contributed by atoms with Crippen molar-refractivity contribution >= 4 is 29.1 Å². The molecular weight excluding hydrogens is 370 g/mol. The first-order valence-electron chi connectivity index (χ1n) is 8.79. The van der Waals surface area contributed by atoms with Gasteiger partial charge in [-0.05, 0) is 13.8 Å². The maximum Gasteiger partial charge on any atom is 0.430 e. The van der Waals surface area contributed by atoms with Crippen LogP contribution < -0.4 is 10.9 Å². The van der Waals surface area contributed by atoms with Gasteiger partial charge in [-0.2, -0.15) is 13.2 Å². The van der Waals surface area contributed by atoms with Gasteiger partial charge in [0.1, 0.15) is 11.3 Å². The minimum absolute atomic E-state index is 0.0611. The van der Waals surface area contributed by atoms with Crippen LogP contribution in [0.5, 0.6) is 0 Å². The highest BCUT2D eigenvalue weighted by molar-refractivity contribution is 6.97. The van der Waals surface area contributed by atoms with E-state index in [1.165, 1.54) is 13.8 Å². The van der Waals surface area contributed by atoms with Crippen molar-refractivity contribution in [3.05, 3.63) is 72.0 Å². The number of benzene rings is 2. The molecule has 0 atom stereocenters. The van der Waals surface area contributed by atoms with Crippen LogP contribution in [0.4, 0.5) is 13.2 Å². The molecule has 0 radical (unpaired) electrons. The fraction of sp³-hybridized carbons (Fsp3) is 0.200. The number of carbonyl (C=O) groups is 1. The maximum absolute atomic E-state index is 13.9. The second-order valence-corrected chi connectivity index (χ2v) is 6.31. The topological polar surface area (TPSA) is 47.9 Å². The number of esters is 1. The molecular formula is C20H18BF3NO3-. The van der Waals surface area contributed by atoms with Crippen molar-refractivity contribution in [1.82, 2.24) is 0 Å². The molecule has 0 fully saturated rings. The average molecular weight is 388 g/mol. The van der Waals surface area contributed by atoms with E-state index in [1.807, 2.05) is 0 Å². The Morgan fingerprint density at radius 3 is 1.96 bits per heavy atom. The number of halogens is 3. The van der Waals surface area contributed by atoms with E-state index >= 15 is 0 Å². The van der Waals surface area contributed by atoms with E-state index in [0.717, 1.165) is 0 Å². The standard InChI is InChI=1S/C20H18BF3NO3/c1-3-27-19(26)17-14(2)28-21(15-10-6-4-7-11-15,16-12-8-5-9-13-16)25-18(17)20(22,23)24/h4-13H,3H2,1-2H3/q-1. The number of hydrogen-bond donors (Lipinski definition) is 0. The molecule has 8 heteroatoms. The largest absolute Gasteiger partial charge is 0.692 e. The van der Waals surface area contributed by atoms with Gasteiger partial charge in [-0.3, -0.25) is 0 Å². The first-order chi connectivity index (χ1) is 13.3. The predicted molar refractivity (Wildman–Crippen MR) is 102 cm³/mol. The molecule has 4 nitrogen and oxygen atoms in total. The van der Waals surface area contributed by atoms with E-state index in [0.29, 0.717) is 10.9 Å². The lowest BCUT2D eigenvalue weighted by Crippen LogP contribution is -2.62. The molecule has 0 aromatic heterocycles. The summed E-state index contributed by atoms with van der Waals surface area (Å²) in [6, 6.07) is 17.0. The van der Waals surface area contributed by atoms with Crippen molar-refractivity contribution in [2.75, 3.05) is 6.61 Å². The molecule has 2 aromatic carbocycles. The van der Waals surface area contributed by atoms with Gasteiger partial charge in [0.05, 0.1) is 12.4 Å². The Morgan fingerprint density at radius 2 is 1.54 bits per heavy atom. The zero-order valence-electron chi connectivity index (χ0n) is 15.4. The second kappa shape index (κ2) is 7.54. The van der Waals surface area contributed by atoms with Crippen LogP contribution in [0, 0.1) is 0 Å². The molecule has 0 aliphatic carbocycles. The molecule has 0 N–H and O–H groups in total. The van der Waals surface area contributed by atoms with Gasteiger partial charge in [0.2, 0.25) is 0 Å². The highest BCUT2D eigenvalue weighted by atomic mass is 19.4. The Balaban J connectivity index is 2.29. The third-order valence-corrected chi connectivity index (χ3v) is 4.50. The van der Waals surface area contributed by atoms with Gasteiger partial charge in [0, 0.05) is 0 Å². The lowest BCUT2D eigenvalue weighted by molar-refractivity contribution is -0.138. The summed E-state index contributed by atoms with van der Waals surface area (Å²) in [6.07, 6.45) is -4.86. The van der Waals surface area contributed by atoms with Crippen LogP contribution in [-0.4, -0.2) is 30.9 Å². The normalized spacial score (nSPS) is 16.2. The Kier molecular flexibility index (Phi) is 5.31. The van der Waals surface area contributed by atoms with Gasteiger partial charge in [-0.1, -0.05) is 60.7 Å². The Bertz CT molecular complexity index is 885. The minimum Gasteiger partial charge on any atom is -0.692 e. The summed E-state index contributed by atoms with van der Waals surface area (Å²) in [6.45, 7) is 0.156. The third kappa shape index (κ3) is 3.54. The Morgan fingerprint density at radius 1 is 1.04 bits per heavy atom. The fourth-order valence-corrected chi connectivity index (χ4v) is 3.32. The van der Waals surface area contributed by atoms with Gasteiger partial charge in [0.25, 0.3) is 0 Å². The zero-order valence-corrected chi connectivity index (χ0v) is 15.4. The first-order valence-corrected chi connectivity index (χ1v) is 8.79. The molecule has 146 valence electrons. The Labute approximate surface area is 160 Å². The smallest absolute Gasteiger partial charge is 0.430 e. The average Bonchev–Trinajstić information content (AvgIpc) is 2.68. The van der Waals surface area contributed by atoms with Crippen LogP contribution in [0.3, 0.4) is 0 Å². The van der Waals surface area contributed by atoms with Crippen LogP contribution in [0.15, 0.2) is 76.9 Å². The molecule has 0 saturated carbocycles. The molecule has 0 amide bonds. The van der Waals surface area contributed by atoms with Gasteiger partial charge in [-0.25, -0.2) is 4.79 Å². The summed E-state index contributed by atoms with van der Waals surface area (Å²) in [5.41, 5.74) is -1.04. The van der Waals surface area contributed by atoms with E-state index in [9.17, 15) is 18.0 Å². The van der Waals surface area contributed by atoms with Crippen LogP contribution in [0.1, 0.15) is 13.8 Å². The van der Waals surface area contributed by atoms with Crippen LogP contribution in [0.25, 0.3) is 0 Å². The number of hydrogen-bond acceptors (Lipinski definition) is 4. The second-order valence-electron chi connectivity index (χ2n) is 6.31. The number of ether oxygens (including phenoxy) is 1. The molecule has 0 spiro atoms. The van der Waals surface area contributed by atoms with E-state index < -0.39 is 29.9 Å². The van der Waals surface area contributed by atoms with Crippen molar-refractivity contribution in [2.45, 2.75) is 20.0 Å². The molecule has 3 rings (SSSR count). The fourth-order valence-electron chi connectivity index (χ4n) is 3.32. The summed E-state index contributed by atoms with van der Waals surface area (Å²) >= 11 is 0. The lowest BCUT2D eigenvalue weighted by Gasteiger charge is -2.45. The first kappa shape index (κ1) is 19.7. The van der Waals surface area contributed by atoms with Crippen molar-refractivity contribution in [1.29, 1.82) is 0 Å². The monoisotopic (exact) mass is 388 g/mol. The molecule has 1 heterocycles.